The molecule has 4 aromatic carbocycles. The van der Waals surface area contributed by atoms with Crippen molar-refractivity contribution in [3.8, 4) is 0 Å². The Kier molecular flexibility index (Phi) is 10.9. The second-order valence-corrected chi connectivity index (χ2v) is 11.5. The van der Waals surface area contributed by atoms with Crippen LogP contribution < -0.4 is 11.1 Å². The quantitative estimate of drug-likeness (QED) is 0.228. The van der Waals surface area contributed by atoms with E-state index in [4.69, 9.17) is 5.73 Å². The topological polar surface area (TPSA) is 116 Å². The predicted molar refractivity (Wildman–Crippen MR) is 174 cm³/mol. The maximum Gasteiger partial charge on any atom is 0.254 e. The highest BCUT2D eigenvalue weighted by molar-refractivity contribution is 5.98. The Labute approximate surface area is 259 Å². The lowest BCUT2D eigenvalue weighted by atomic mass is 9.97. The average Bonchev–Trinajstić information content (AvgIpc) is 3.04. The van der Waals surface area contributed by atoms with Crippen molar-refractivity contribution in [1.29, 1.82) is 0 Å². The van der Waals surface area contributed by atoms with Crippen LogP contribution in [-0.2, 0) is 22.4 Å². The summed E-state index contributed by atoms with van der Waals surface area (Å²) in [4.78, 5) is 44.6. The Morgan fingerprint density at radius 3 is 2.09 bits per heavy atom. The number of nitrogens with two attached hydrogens (primary N) is 1. The van der Waals surface area contributed by atoms with Gasteiger partial charge in [-0.25, -0.2) is 0 Å². The molecular formula is C36H42N4O4. The summed E-state index contributed by atoms with van der Waals surface area (Å²) in [6.07, 6.45) is -0.226. The van der Waals surface area contributed by atoms with Gasteiger partial charge in [-0.15, -0.1) is 0 Å². The maximum absolute atomic E-state index is 14.4. The zero-order chi connectivity index (χ0) is 31.8. The van der Waals surface area contributed by atoms with Crippen molar-refractivity contribution >= 4 is 28.5 Å². The van der Waals surface area contributed by atoms with Crippen LogP contribution in [0.3, 0.4) is 0 Å². The Morgan fingerprint density at radius 2 is 1.41 bits per heavy atom. The summed E-state index contributed by atoms with van der Waals surface area (Å²) in [6, 6.07) is 28.5. The monoisotopic (exact) mass is 594 g/mol. The summed E-state index contributed by atoms with van der Waals surface area (Å²) < 4.78 is 0. The standard InChI is InChI=1S/C36H42N4O4/c1-24(41)23-38-34(42)32(20-26-11-6-5-7-12-26)39(3)36(44)33(21-27-17-18-28-13-8-9-14-30(28)19-27)40(4)35(43)31-16-10-15-29(22-31)25(2)37/h5-19,22,24-25,32-33,41H,20-21,23,37H2,1-4H3,(H,38,42)/t24-,25?,32-,33-/m1/s1. The van der Waals surface area contributed by atoms with E-state index in [2.05, 4.69) is 5.32 Å². The SMILES string of the molecule is CC(N)c1cccc(C(=O)N(C)[C@H](Cc2ccc3ccccc3c2)C(=O)N(C)[C@H](Cc2ccccc2)C(=O)NC[C@@H](C)O)c1. The summed E-state index contributed by atoms with van der Waals surface area (Å²) in [5, 5.41) is 14.7. The summed E-state index contributed by atoms with van der Waals surface area (Å²) in [6.45, 7) is 3.49. The molecule has 0 heterocycles. The molecule has 0 aromatic heterocycles. The molecule has 0 radical (unpaired) electrons. The second kappa shape index (κ2) is 14.8. The van der Waals surface area contributed by atoms with Crippen molar-refractivity contribution in [2.75, 3.05) is 20.6 Å². The molecule has 8 heteroatoms. The third-order valence-corrected chi connectivity index (χ3v) is 7.94. The summed E-state index contributed by atoms with van der Waals surface area (Å²) in [5.41, 5.74) is 9.10. The van der Waals surface area contributed by atoms with Gasteiger partial charge in [-0.1, -0.05) is 84.9 Å². The van der Waals surface area contributed by atoms with E-state index in [1.807, 2.05) is 85.8 Å². The molecular weight excluding hydrogens is 552 g/mol. The molecule has 0 fully saturated rings. The van der Waals surface area contributed by atoms with Gasteiger partial charge in [-0.2, -0.15) is 0 Å². The van der Waals surface area contributed by atoms with Crippen LogP contribution in [0.1, 0.15) is 46.9 Å². The first kappa shape index (κ1) is 32.4. The molecule has 4 atom stereocenters. The average molecular weight is 595 g/mol. The zero-order valence-corrected chi connectivity index (χ0v) is 25.8. The van der Waals surface area contributed by atoms with E-state index in [0.29, 0.717) is 5.56 Å². The number of likely N-dealkylation sites (N-methyl/N-ethyl adjacent to an activating group) is 2. The minimum atomic E-state index is -0.907. The smallest absolute Gasteiger partial charge is 0.254 e. The number of fused-ring (bicyclic) bond motifs is 1. The molecule has 230 valence electrons. The number of hydrogen-bond acceptors (Lipinski definition) is 5. The number of benzene rings is 4. The minimum Gasteiger partial charge on any atom is -0.392 e. The highest BCUT2D eigenvalue weighted by atomic mass is 16.3. The fourth-order valence-electron chi connectivity index (χ4n) is 5.28. The summed E-state index contributed by atoms with van der Waals surface area (Å²) in [7, 11) is 3.22. The van der Waals surface area contributed by atoms with Gasteiger partial charge in [0, 0.05) is 45.1 Å². The zero-order valence-electron chi connectivity index (χ0n) is 25.8. The maximum atomic E-state index is 14.4. The number of aliphatic hydroxyl groups excluding tert-OH is 1. The van der Waals surface area contributed by atoms with Crippen LogP contribution in [0.2, 0.25) is 0 Å². The van der Waals surface area contributed by atoms with Gasteiger partial charge >= 0.3 is 0 Å². The lowest BCUT2D eigenvalue weighted by Gasteiger charge is -2.35. The Bertz CT molecular complexity index is 1590. The summed E-state index contributed by atoms with van der Waals surface area (Å²) in [5.74, 6) is -1.07. The van der Waals surface area contributed by atoms with Crippen LogP contribution in [0.15, 0.2) is 97.1 Å². The highest BCUT2D eigenvalue weighted by Gasteiger charge is 2.35. The third-order valence-electron chi connectivity index (χ3n) is 7.94. The van der Waals surface area contributed by atoms with Crippen molar-refractivity contribution < 1.29 is 19.5 Å². The van der Waals surface area contributed by atoms with Gasteiger partial charge in [0.1, 0.15) is 12.1 Å². The van der Waals surface area contributed by atoms with Crippen molar-refractivity contribution in [3.63, 3.8) is 0 Å². The third kappa shape index (κ3) is 8.09. The highest BCUT2D eigenvalue weighted by Crippen LogP contribution is 2.22. The normalized spacial score (nSPS) is 13.9. The molecule has 3 amide bonds. The fraction of sp³-hybridized carbons (Fsp3) is 0.306. The van der Waals surface area contributed by atoms with Gasteiger partial charge < -0.3 is 26.0 Å². The predicted octanol–water partition coefficient (Wildman–Crippen LogP) is 4.11. The molecule has 4 aromatic rings. The van der Waals surface area contributed by atoms with Crippen LogP contribution >= 0.6 is 0 Å². The van der Waals surface area contributed by atoms with Crippen LogP contribution in [0, 0.1) is 0 Å². The van der Waals surface area contributed by atoms with Crippen molar-refractivity contribution in [2.24, 2.45) is 5.73 Å². The Morgan fingerprint density at radius 1 is 0.750 bits per heavy atom. The van der Waals surface area contributed by atoms with E-state index >= 15 is 0 Å². The number of nitrogens with zero attached hydrogens (tertiary/aromatic N) is 2. The molecule has 0 saturated carbocycles. The van der Waals surface area contributed by atoms with Crippen LogP contribution in [0.4, 0.5) is 0 Å². The van der Waals surface area contributed by atoms with Crippen molar-refractivity contribution in [3.05, 3.63) is 119 Å². The fourth-order valence-corrected chi connectivity index (χ4v) is 5.28. The van der Waals surface area contributed by atoms with Gasteiger partial charge in [0.05, 0.1) is 6.10 Å². The lowest BCUT2D eigenvalue weighted by molar-refractivity contribution is -0.142. The molecule has 0 aliphatic carbocycles. The van der Waals surface area contributed by atoms with Gasteiger partial charge in [-0.05, 0) is 53.4 Å². The molecule has 0 aliphatic rings. The first-order valence-corrected chi connectivity index (χ1v) is 14.9. The first-order chi connectivity index (χ1) is 21.0. The van der Waals surface area contributed by atoms with Crippen molar-refractivity contribution in [2.45, 2.75) is 50.9 Å². The largest absolute Gasteiger partial charge is 0.392 e. The summed E-state index contributed by atoms with van der Waals surface area (Å²) >= 11 is 0. The van der Waals surface area contributed by atoms with E-state index < -0.39 is 18.2 Å². The molecule has 0 bridgehead atoms. The van der Waals surface area contributed by atoms with E-state index in [1.165, 1.54) is 9.80 Å². The van der Waals surface area contributed by atoms with Gasteiger partial charge in [0.2, 0.25) is 11.8 Å². The van der Waals surface area contributed by atoms with E-state index in [9.17, 15) is 19.5 Å². The molecule has 0 saturated heterocycles. The van der Waals surface area contributed by atoms with Gasteiger partial charge in [0.15, 0.2) is 0 Å². The molecule has 8 nitrogen and oxygen atoms in total. The number of rotatable bonds is 12. The van der Waals surface area contributed by atoms with E-state index in [0.717, 1.165) is 27.5 Å². The number of nitrogens with one attached hydrogen (secondary N) is 1. The minimum absolute atomic E-state index is 0.0565. The molecule has 1 unspecified atom stereocenters. The van der Waals surface area contributed by atoms with Gasteiger partial charge in [-0.3, -0.25) is 14.4 Å². The lowest BCUT2D eigenvalue weighted by Crippen LogP contribution is -2.56. The molecule has 0 spiro atoms. The number of hydrogen-bond donors (Lipinski definition) is 3. The van der Waals surface area contributed by atoms with Crippen molar-refractivity contribution in [1.82, 2.24) is 15.1 Å². The Balaban J connectivity index is 1.70. The Hall–Kier alpha value is -4.53. The number of carbonyl (C=O) groups excluding carboxylic acids is 3. The van der Waals surface area contributed by atoms with Crippen LogP contribution in [-0.4, -0.2) is 71.5 Å². The van der Waals surface area contributed by atoms with Crippen LogP contribution in [0.25, 0.3) is 10.8 Å². The number of amides is 3. The molecule has 44 heavy (non-hydrogen) atoms. The molecule has 4 N–H and O–H groups in total. The second-order valence-electron chi connectivity index (χ2n) is 11.5. The van der Waals surface area contributed by atoms with E-state index in [1.54, 1.807) is 39.2 Å². The number of aliphatic hydroxyl groups is 1. The number of carbonyl (C=O) groups is 3. The first-order valence-electron chi connectivity index (χ1n) is 14.9. The molecule has 4 rings (SSSR count). The van der Waals surface area contributed by atoms with E-state index in [-0.39, 0.29) is 43.1 Å². The van der Waals surface area contributed by atoms with Gasteiger partial charge in [0.25, 0.3) is 5.91 Å². The molecule has 0 aliphatic heterocycles. The van der Waals surface area contributed by atoms with Crippen LogP contribution in [0.5, 0.6) is 0 Å².